The monoisotopic (exact) mass is 399 g/mol. The summed E-state index contributed by atoms with van der Waals surface area (Å²) in [5, 5.41) is 0.743. The summed E-state index contributed by atoms with van der Waals surface area (Å²) in [5.74, 6) is 0.916. The lowest BCUT2D eigenvalue weighted by atomic mass is 9.74. The summed E-state index contributed by atoms with van der Waals surface area (Å²) in [6, 6.07) is 9.85. The quantitative estimate of drug-likeness (QED) is 0.791. The zero-order valence-electron chi connectivity index (χ0n) is 16.4. The van der Waals surface area contributed by atoms with Crippen LogP contribution in [0.1, 0.15) is 18.4 Å². The molecule has 0 spiro atoms. The zero-order valence-corrected chi connectivity index (χ0v) is 17.1. The minimum absolute atomic E-state index is 0.0673. The molecule has 2 aliphatic rings. The van der Waals surface area contributed by atoms with Crippen molar-refractivity contribution in [1.82, 2.24) is 19.8 Å². The number of benzene rings is 1. The van der Waals surface area contributed by atoms with E-state index in [2.05, 4.69) is 25.8 Å². The normalized spacial score (nSPS) is 24.8. The Balaban J connectivity index is 1.66. The summed E-state index contributed by atoms with van der Waals surface area (Å²) >= 11 is 6.17. The number of anilines is 1. The predicted octanol–water partition coefficient (Wildman–Crippen LogP) is 2.69. The molecule has 1 aromatic heterocycles. The molecule has 0 saturated carbocycles. The second kappa shape index (κ2) is 7.68. The molecular formula is C21H26ClN5O. The van der Waals surface area contributed by atoms with Crippen LogP contribution in [-0.2, 0) is 11.3 Å². The Hall–Kier alpha value is -2.18. The Morgan fingerprint density at radius 1 is 1.29 bits per heavy atom. The lowest BCUT2D eigenvalue weighted by molar-refractivity contribution is -0.140. The van der Waals surface area contributed by atoms with Gasteiger partial charge >= 0.3 is 0 Å². The molecule has 6 nitrogen and oxygen atoms in total. The maximum absolute atomic E-state index is 13.3. The third-order valence-corrected chi connectivity index (χ3v) is 6.14. The van der Waals surface area contributed by atoms with Gasteiger partial charge in [0.15, 0.2) is 0 Å². The molecule has 0 radical (unpaired) electrons. The highest BCUT2D eigenvalue weighted by molar-refractivity contribution is 6.30. The van der Waals surface area contributed by atoms with E-state index in [1.54, 1.807) is 17.3 Å². The lowest BCUT2D eigenvalue weighted by Gasteiger charge is -2.45. The van der Waals surface area contributed by atoms with Gasteiger partial charge in [-0.05, 0) is 36.6 Å². The second-order valence-electron chi connectivity index (χ2n) is 8.02. The van der Waals surface area contributed by atoms with Crippen LogP contribution >= 0.6 is 11.6 Å². The topological polar surface area (TPSA) is 52.6 Å². The Bertz CT molecular complexity index is 846. The maximum Gasteiger partial charge on any atom is 0.231 e. The van der Waals surface area contributed by atoms with Crippen LogP contribution in [0.5, 0.6) is 0 Å². The predicted molar refractivity (Wildman–Crippen MR) is 110 cm³/mol. The highest BCUT2D eigenvalue weighted by atomic mass is 35.5. The Kier molecular flexibility index (Phi) is 5.25. The molecule has 4 rings (SSSR count). The highest BCUT2D eigenvalue weighted by Crippen LogP contribution is 2.44. The van der Waals surface area contributed by atoms with E-state index in [0.717, 1.165) is 44.0 Å². The van der Waals surface area contributed by atoms with Gasteiger partial charge in [-0.3, -0.25) is 9.69 Å². The van der Waals surface area contributed by atoms with Gasteiger partial charge in [0.25, 0.3) is 0 Å². The van der Waals surface area contributed by atoms with Crippen LogP contribution in [0.25, 0.3) is 0 Å². The number of rotatable bonds is 4. The number of hydrogen-bond donors (Lipinski definition) is 0. The van der Waals surface area contributed by atoms with Gasteiger partial charge in [-0.25, -0.2) is 9.97 Å². The number of nitrogens with zero attached hydrogens (tertiary/aromatic N) is 5. The van der Waals surface area contributed by atoms with Gasteiger partial charge in [-0.1, -0.05) is 23.7 Å². The number of aromatic nitrogens is 2. The van der Waals surface area contributed by atoms with E-state index in [1.165, 1.54) is 5.56 Å². The van der Waals surface area contributed by atoms with E-state index in [9.17, 15) is 4.79 Å². The molecule has 2 saturated heterocycles. The van der Waals surface area contributed by atoms with E-state index in [-0.39, 0.29) is 11.9 Å². The molecule has 148 valence electrons. The molecular weight excluding hydrogens is 374 g/mol. The number of likely N-dealkylation sites (tertiary alicyclic amines) is 1. The molecule has 0 unspecified atom stereocenters. The van der Waals surface area contributed by atoms with Gasteiger partial charge in [-0.15, -0.1) is 0 Å². The largest absolute Gasteiger partial charge is 0.348 e. The summed E-state index contributed by atoms with van der Waals surface area (Å²) in [4.78, 5) is 28.6. The average Bonchev–Trinajstić information content (AvgIpc) is 3.07. The first-order valence-electron chi connectivity index (χ1n) is 9.72. The first-order chi connectivity index (χ1) is 13.5. The average molecular weight is 400 g/mol. The molecule has 3 heterocycles. The molecule has 1 amide bonds. The summed E-state index contributed by atoms with van der Waals surface area (Å²) in [6.45, 7) is 3.21. The molecule has 2 aromatic rings. The SMILES string of the molecule is CN(C)C(=O)[C@@]12CCCN(c3ncccn3)[C@@H]1CN(Cc1cccc(Cl)c1)C2. The van der Waals surface area contributed by atoms with Crippen molar-refractivity contribution in [2.45, 2.75) is 25.4 Å². The van der Waals surface area contributed by atoms with Crippen molar-refractivity contribution in [3.05, 3.63) is 53.3 Å². The van der Waals surface area contributed by atoms with E-state index in [0.29, 0.717) is 5.95 Å². The van der Waals surface area contributed by atoms with Gasteiger partial charge < -0.3 is 9.80 Å². The number of amides is 1. The van der Waals surface area contributed by atoms with E-state index in [1.807, 2.05) is 38.4 Å². The summed E-state index contributed by atoms with van der Waals surface area (Å²) in [5.41, 5.74) is 0.737. The maximum atomic E-state index is 13.3. The van der Waals surface area contributed by atoms with Crippen molar-refractivity contribution < 1.29 is 4.79 Å². The molecule has 0 aliphatic carbocycles. The molecule has 2 aliphatic heterocycles. The van der Waals surface area contributed by atoms with Crippen molar-refractivity contribution in [2.75, 3.05) is 38.6 Å². The summed E-state index contributed by atoms with van der Waals surface area (Å²) < 4.78 is 0. The number of hydrogen-bond acceptors (Lipinski definition) is 5. The van der Waals surface area contributed by atoms with E-state index >= 15 is 0 Å². The minimum Gasteiger partial charge on any atom is -0.348 e. The number of piperidine rings is 1. The fraction of sp³-hybridized carbons (Fsp3) is 0.476. The Morgan fingerprint density at radius 2 is 2.07 bits per heavy atom. The fourth-order valence-corrected chi connectivity index (χ4v) is 5.02. The van der Waals surface area contributed by atoms with Crippen LogP contribution in [0.2, 0.25) is 5.02 Å². The fourth-order valence-electron chi connectivity index (χ4n) is 4.81. The first-order valence-corrected chi connectivity index (χ1v) is 10.1. The van der Waals surface area contributed by atoms with Crippen LogP contribution in [0.15, 0.2) is 42.7 Å². The van der Waals surface area contributed by atoms with Gasteiger partial charge in [0.05, 0.1) is 11.5 Å². The van der Waals surface area contributed by atoms with Crippen LogP contribution < -0.4 is 4.90 Å². The van der Waals surface area contributed by atoms with E-state index < -0.39 is 5.41 Å². The third-order valence-electron chi connectivity index (χ3n) is 5.91. The molecule has 0 bridgehead atoms. The zero-order chi connectivity index (χ0) is 19.7. The van der Waals surface area contributed by atoms with Crippen LogP contribution in [0.4, 0.5) is 5.95 Å². The smallest absolute Gasteiger partial charge is 0.231 e. The van der Waals surface area contributed by atoms with Crippen LogP contribution in [0, 0.1) is 5.41 Å². The van der Waals surface area contributed by atoms with Crippen molar-refractivity contribution in [2.24, 2.45) is 5.41 Å². The highest BCUT2D eigenvalue weighted by Gasteiger charge is 2.56. The number of carbonyl (C=O) groups is 1. The summed E-state index contributed by atoms with van der Waals surface area (Å²) in [7, 11) is 3.71. The van der Waals surface area contributed by atoms with Crippen LogP contribution in [-0.4, -0.2) is 65.4 Å². The second-order valence-corrected chi connectivity index (χ2v) is 8.45. The first kappa shape index (κ1) is 19.2. The number of fused-ring (bicyclic) bond motifs is 1. The van der Waals surface area contributed by atoms with Crippen molar-refractivity contribution in [3.63, 3.8) is 0 Å². The van der Waals surface area contributed by atoms with Gasteiger partial charge in [-0.2, -0.15) is 0 Å². The van der Waals surface area contributed by atoms with Crippen molar-refractivity contribution >= 4 is 23.5 Å². The van der Waals surface area contributed by atoms with Gasteiger partial charge in [0, 0.05) is 57.7 Å². The molecule has 2 fully saturated rings. The molecule has 2 atom stereocenters. The Labute approximate surface area is 171 Å². The summed E-state index contributed by atoms with van der Waals surface area (Å²) in [6.07, 6.45) is 5.39. The van der Waals surface area contributed by atoms with E-state index in [4.69, 9.17) is 11.6 Å². The molecule has 7 heteroatoms. The van der Waals surface area contributed by atoms with Gasteiger partial charge in [0.2, 0.25) is 11.9 Å². The van der Waals surface area contributed by atoms with Crippen molar-refractivity contribution in [3.8, 4) is 0 Å². The lowest BCUT2D eigenvalue weighted by Crippen LogP contribution is -2.58. The minimum atomic E-state index is -0.431. The number of halogens is 1. The molecule has 0 N–H and O–H groups in total. The third kappa shape index (κ3) is 3.47. The molecule has 1 aromatic carbocycles. The molecule has 28 heavy (non-hydrogen) atoms. The number of carbonyl (C=O) groups excluding carboxylic acids is 1. The van der Waals surface area contributed by atoms with Crippen LogP contribution in [0.3, 0.4) is 0 Å². The van der Waals surface area contributed by atoms with Gasteiger partial charge in [0.1, 0.15) is 0 Å². The Morgan fingerprint density at radius 3 is 2.79 bits per heavy atom. The van der Waals surface area contributed by atoms with Crippen molar-refractivity contribution in [1.29, 1.82) is 0 Å². The standard InChI is InChI=1S/C21H26ClN5O/c1-25(2)19(28)21-8-4-11-27(20-23-9-5-10-24-20)18(21)14-26(15-21)13-16-6-3-7-17(22)12-16/h3,5-7,9-10,12,18H,4,8,11,13-15H2,1-2H3/t18-,21-/m1/s1.